The highest BCUT2D eigenvalue weighted by molar-refractivity contribution is 7.99. The summed E-state index contributed by atoms with van der Waals surface area (Å²) >= 11 is 1.31. The number of ether oxygens (including phenoxy) is 1. The van der Waals surface area contributed by atoms with E-state index in [-0.39, 0.29) is 24.1 Å². The minimum absolute atomic E-state index is 0.134. The fourth-order valence-electron chi connectivity index (χ4n) is 3.54. The van der Waals surface area contributed by atoms with E-state index in [4.69, 9.17) is 4.74 Å². The molecule has 0 aliphatic carbocycles. The number of benzene rings is 2. The monoisotopic (exact) mass is 437 g/mol. The van der Waals surface area contributed by atoms with Crippen LogP contribution >= 0.6 is 11.8 Å². The van der Waals surface area contributed by atoms with Crippen molar-refractivity contribution in [2.45, 2.75) is 25.1 Å². The molecule has 8 nitrogen and oxygen atoms in total. The molecule has 0 saturated heterocycles. The molecule has 0 bridgehead atoms. The van der Waals surface area contributed by atoms with Crippen LogP contribution in [0, 0.1) is 13.8 Å². The Labute approximate surface area is 184 Å². The van der Waals surface area contributed by atoms with Gasteiger partial charge in [0, 0.05) is 7.05 Å². The van der Waals surface area contributed by atoms with Crippen LogP contribution < -0.4 is 15.0 Å². The van der Waals surface area contributed by atoms with Crippen molar-refractivity contribution in [1.29, 1.82) is 0 Å². The lowest BCUT2D eigenvalue weighted by Crippen LogP contribution is -2.50. The van der Waals surface area contributed by atoms with E-state index in [1.54, 1.807) is 24.3 Å². The molecule has 4 rings (SSSR count). The molecule has 2 aromatic carbocycles. The molecule has 1 aliphatic rings. The lowest BCUT2D eigenvalue weighted by Gasteiger charge is -2.33. The van der Waals surface area contributed by atoms with E-state index in [2.05, 4.69) is 21.6 Å². The number of hydrogen-bond acceptors (Lipinski definition) is 6. The number of likely N-dealkylation sites (N-methyl/N-ethyl adjacent to an activating group) is 1. The first kappa shape index (κ1) is 20.9. The zero-order valence-electron chi connectivity index (χ0n) is 17.5. The smallest absolute Gasteiger partial charge is 0.262 e. The highest BCUT2D eigenvalue weighted by Crippen LogP contribution is 2.34. The number of aryl methyl sites for hydroxylation is 2. The number of carbonyl (C=O) groups is 2. The maximum absolute atomic E-state index is 13.1. The number of para-hydroxylation sites is 2. The van der Waals surface area contributed by atoms with Crippen molar-refractivity contribution in [3.63, 3.8) is 0 Å². The average molecular weight is 438 g/mol. The van der Waals surface area contributed by atoms with Gasteiger partial charge in [0.15, 0.2) is 11.3 Å². The molecular formula is C22H23N5O3S. The van der Waals surface area contributed by atoms with Crippen molar-refractivity contribution in [3.8, 4) is 11.4 Å². The van der Waals surface area contributed by atoms with E-state index in [1.807, 2.05) is 48.7 Å². The van der Waals surface area contributed by atoms with Crippen LogP contribution in [-0.4, -0.2) is 52.0 Å². The van der Waals surface area contributed by atoms with Crippen LogP contribution in [0.4, 0.5) is 5.69 Å². The number of amides is 2. The van der Waals surface area contributed by atoms with Crippen LogP contribution in [0.15, 0.2) is 53.9 Å². The molecular weight excluding hydrogens is 414 g/mol. The molecule has 1 aromatic heterocycles. The first-order chi connectivity index (χ1) is 15.0. The third-order valence-electron chi connectivity index (χ3n) is 5.07. The van der Waals surface area contributed by atoms with E-state index in [0.717, 1.165) is 11.3 Å². The van der Waals surface area contributed by atoms with Crippen molar-refractivity contribution >= 4 is 29.3 Å². The van der Waals surface area contributed by atoms with Gasteiger partial charge in [0.2, 0.25) is 5.91 Å². The molecule has 1 N–H and O–H groups in total. The summed E-state index contributed by atoms with van der Waals surface area (Å²) in [5.41, 5.74) is 3.91. The maximum atomic E-state index is 13.1. The van der Waals surface area contributed by atoms with E-state index < -0.39 is 6.10 Å². The van der Waals surface area contributed by atoms with Gasteiger partial charge < -0.3 is 15.0 Å². The molecule has 1 atom stereocenters. The predicted molar refractivity (Wildman–Crippen MR) is 119 cm³/mol. The molecule has 0 fully saturated rings. The maximum Gasteiger partial charge on any atom is 0.262 e. The number of nitrogens with one attached hydrogen (secondary N) is 1. The summed E-state index contributed by atoms with van der Waals surface area (Å²) in [4.78, 5) is 26.9. The number of thioether (sulfide) groups is 1. The Bertz CT molecular complexity index is 1130. The standard InChI is InChI=1S/C22H23N5O3S/c1-14-8-9-16(15(2)10-14)27-13-24-25-22(27)31-12-20(28)26-11-19(21(29)23-3)30-18-7-5-4-6-17(18)26/h4-10,13,19H,11-12H2,1-3H3,(H,23,29). The Morgan fingerprint density at radius 3 is 2.77 bits per heavy atom. The predicted octanol–water partition coefficient (Wildman–Crippen LogP) is 2.52. The normalized spacial score (nSPS) is 15.2. The van der Waals surface area contributed by atoms with Crippen LogP contribution in [-0.2, 0) is 9.59 Å². The summed E-state index contributed by atoms with van der Waals surface area (Å²) in [6.45, 7) is 4.23. The number of hydrogen-bond donors (Lipinski definition) is 1. The van der Waals surface area contributed by atoms with Gasteiger partial charge in [-0.1, -0.05) is 41.6 Å². The molecule has 2 heterocycles. The second kappa shape index (κ2) is 8.81. The summed E-state index contributed by atoms with van der Waals surface area (Å²) in [5.74, 6) is 0.261. The number of rotatable bonds is 5. The highest BCUT2D eigenvalue weighted by atomic mass is 32.2. The molecule has 1 aliphatic heterocycles. The van der Waals surface area contributed by atoms with Crippen LogP contribution in [0.3, 0.4) is 0 Å². The van der Waals surface area contributed by atoms with E-state index >= 15 is 0 Å². The lowest BCUT2D eigenvalue weighted by molar-refractivity contribution is -0.127. The summed E-state index contributed by atoms with van der Waals surface area (Å²) in [7, 11) is 1.55. The Morgan fingerprint density at radius 2 is 2.00 bits per heavy atom. The van der Waals surface area contributed by atoms with Crippen molar-refractivity contribution in [1.82, 2.24) is 20.1 Å². The van der Waals surface area contributed by atoms with Crippen LogP contribution in [0.2, 0.25) is 0 Å². The first-order valence-corrected chi connectivity index (χ1v) is 10.8. The summed E-state index contributed by atoms with van der Waals surface area (Å²) < 4.78 is 7.66. The molecule has 0 saturated carbocycles. The Balaban J connectivity index is 1.53. The minimum Gasteiger partial charge on any atom is -0.477 e. The molecule has 160 valence electrons. The lowest BCUT2D eigenvalue weighted by atomic mass is 10.1. The Morgan fingerprint density at radius 1 is 1.19 bits per heavy atom. The number of aromatic nitrogens is 3. The van der Waals surface area contributed by atoms with Crippen molar-refractivity contribution in [2.24, 2.45) is 0 Å². The van der Waals surface area contributed by atoms with Gasteiger partial charge in [-0.25, -0.2) is 0 Å². The van der Waals surface area contributed by atoms with Gasteiger partial charge in [0.25, 0.3) is 5.91 Å². The van der Waals surface area contributed by atoms with Gasteiger partial charge in [-0.05, 0) is 37.6 Å². The fourth-order valence-corrected chi connectivity index (χ4v) is 4.33. The quantitative estimate of drug-likeness (QED) is 0.617. The second-order valence-corrected chi connectivity index (χ2v) is 8.20. The van der Waals surface area contributed by atoms with Gasteiger partial charge >= 0.3 is 0 Å². The average Bonchev–Trinajstić information content (AvgIpc) is 3.24. The molecule has 0 radical (unpaired) electrons. The summed E-state index contributed by atoms with van der Waals surface area (Å²) in [6.07, 6.45) is 0.892. The molecule has 1 unspecified atom stereocenters. The number of carbonyl (C=O) groups excluding carboxylic acids is 2. The molecule has 2 amide bonds. The van der Waals surface area contributed by atoms with Gasteiger partial charge in [-0.15, -0.1) is 10.2 Å². The van der Waals surface area contributed by atoms with E-state index in [9.17, 15) is 9.59 Å². The third kappa shape index (κ3) is 4.27. The van der Waals surface area contributed by atoms with Crippen LogP contribution in [0.5, 0.6) is 5.75 Å². The first-order valence-electron chi connectivity index (χ1n) is 9.86. The number of nitrogens with zero attached hydrogens (tertiary/aromatic N) is 4. The van der Waals surface area contributed by atoms with Crippen molar-refractivity contribution < 1.29 is 14.3 Å². The zero-order chi connectivity index (χ0) is 22.0. The van der Waals surface area contributed by atoms with Gasteiger partial charge in [0.05, 0.1) is 23.7 Å². The minimum atomic E-state index is -0.757. The van der Waals surface area contributed by atoms with E-state index in [1.165, 1.54) is 17.3 Å². The van der Waals surface area contributed by atoms with Gasteiger partial charge in [-0.2, -0.15) is 0 Å². The zero-order valence-corrected chi connectivity index (χ0v) is 18.3. The number of anilines is 1. The van der Waals surface area contributed by atoms with Crippen molar-refractivity contribution in [2.75, 3.05) is 24.2 Å². The molecule has 3 aromatic rings. The van der Waals surface area contributed by atoms with Gasteiger partial charge in [-0.3, -0.25) is 14.2 Å². The topological polar surface area (TPSA) is 89.4 Å². The fraction of sp³-hybridized carbons (Fsp3) is 0.273. The highest BCUT2D eigenvalue weighted by Gasteiger charge is 2.33. The molecule has 9 heteroatoms. The second-order valence-electron chi connectivity index (χ2n) is 7.25. The summed E-state index contributed by atoms with van der Waals surface area (Å²) in [5, 5.41) is 11.4. The van der Waals surface area contributed by atoms with Crippen molar-refractivity contribution in [3.05, 3.63) is 59.9 Å². The van der Waals surface area contributed by atoms with Gasteiger partial charge in [0.1, 0.15) is 12.1 Å². The Kier molecular flexibility index (Phi) is 5.94. The van der Waals surface area contributed by atoms with Crippen LogP contribution in [0.1, 0.15) is 11.1 Å². The number of fused-ring (bicyclic) bond motifs is 1. The molecule has 31 heavy (non-hydrogen) atoms. The summed E-state index contributed by atoms with van der Waals surface area (Å²) in [6, 6.07) is 13.4. The SMILES string of the molecule is CNC(=O)C1CN(C(=O)CSc2nncn2-c2ccc(C)cc2C)c2ccccc2O1. The third-order valence-corrected chi connectivity index (χ3v) is 5.99. The Hall–Kier alpha value is -3.33. The molecule has 0 spiro atoms. The van der Waals surface area contributed by atoms with Crippen LogP contribution in [0.25, 0.3) is 5.69 Å². The van der Waals surface area contributed by atoms with E-state index in [0.29, 0.717) is 16.6 Å². The largest absolute Gasteiger partial charge is 0.477 e.